The maximum atomic E-state index is 13.0. The first-order valence-electron chi connectivity index (χ1n) is 7.09. The predicted molar refractivity (Wildman–Crippen MR) is 87.3 cm³/mol. The second kappa shape index (κ2) is 5.10. The summed E-state index contributed by atoms with van der Waals surface area (Å²) in [5, 5.41) is 0. The number of aromatic nitrogens is 4. The van der Waals surface area contributed by atoms with Crippen LogP contribution in [0.2, 0.25) is 0 Å². The molecule has 0 aliphatic heterocycles. The molecule has 0 saturated carbocycles. The van der Waals surface area contributed by atoms with E-state index in [9.17, 15) is 9.59 Å². The largest absolute Gasteiger partial charge is 0.342 e. The Morgan fingerprint density at radius 1 is 0.783 bits per heavy atom. The van der Waals surface area contributed by atoms with Crippen LogP contribution in [0.4, 0.5) is 0 Å². The average Bonchev–Trinajstić information content (AvgIpc) is 3.07. The Balaban J connectivity index is 2.18. The smallest absolute Gasteiger partial charge is 0.339 e. The third kappa shape index (κ3) is 2.00. The first kappa shape index (κ1) is 13.3. The molecular weight excluding hydrogens is 292 g/mol. The minimum Gasteiger partial charge on any atom is -0.339 e. The SMILES string of the molecule is O=c1c2[nH]cnc2n(-c2ccccc2)c(=O)n1-c1ccccc1. The van der Waals surface area contributed by atoms with Crippen LogP contribution >= 0.6 is 0 Å². The molecule has 0 fully saturated rings. The lowest BCUT2D eigenvalue weighted by Crippen LogP contribution is -2.38. The monoisotopic (exact) mass is 304 g/mol. The summed E-state index contributed by atoms with van der Waals surface area (Å²) in [5.41, 5.74) is 0.909. The van der Waals surface area contributed by atoms with E-state index < -0.39 is 11.2 Å². The number of aromatic amines is 1. The zero-order valence-electron chi connectivity index (χ0n) is 12.0. The van der Waals surface area contributed by atoms with Crippen LogP contribution in [-0.4, -0.2) is 19.1 Å². The molecule has 6 heteroatoms. The van der Waals surface area contributed by atoms with Crippen LogP contribution in [0.5, 0.6) is 0 Å². The molecule has 6 nitrogen and oxygen atoms in total. The summed E-state index contributed by atoms with van der Waals surface area (Å²) in [5.74, 6) is 0. The van der Waals surface area contributed by atoms with Crippen molar-refractivity contribution < 1.29 is 0 Å². The van der Waals surface area contributed by atoms with E-state index in [1.165, 1.54) is 10.9 Å². The zero-order chi connectivity index (χ0) is 15.8. The fraction of sp³-hybridized carbons (Fsp3) is 0. The summed E-state index contributed by atoms with van der Waals surface area (Å²) < 4.78 is 2.58. The van der Waals surface area contributed by atoms with Crippen LogP contribution in [0.25, 0.3) is 22.5 Å². The lowest BCUT2D eigenvalue weighted by atomic mass is 10.3. The molecule has 23 heavy (non-hydrogen) atoms. The van der Waals surface area contributed by atoms with Gasteiger partial charge in [0.05, 0.1) is 17.7 Å². The summed E-state index contributed by atoms with van der Waals surface area (Å²) in [7, 11) is 0. The highest BCUT2D eigenvalue weighted by atomic mass is 16.2. The number of fused-ring (bicyclic) bond motifs is 1. The molecular formula is C17H12N4O2. The van der Waals surface area contributed by atoms with Gasteiger partial charge in [0.15, 0.2) is 11.2 Å². The lowest BCUT2D eigenvalue weighted by Gasteiger charge is -2.11. The van der Waals surface area contributed by atoms with Crippen molar-refractivity contribution in [2.24, 2.45) is 0 Å². The topological polar surface area (TPSA) is 72.7 Å². The van der Waals surface area contributed by atoms with Gasteiger partial charge in [-0.1, -0.05) is 36.4 Å². The molecule has 0 aliphatic carbocycles. The van der Waals surface area contributed by atoms with Crippen molar-refractivity contribution in [3.8, 4) is 11.4 Å². The predicted octanol–water partition coefficient (Wildman–Crippen LogP) is 1.86. The van der Waals surface area contributed by atoms with Gasteiger partial charge in [-0.15, -0.1) is 0 Å². The summed E-state index contributed by atoms with van der Waals surface area (Å²) >= 11 is 0. The number of rotatable bonds is 2. The fourth-order valence-electron chi connectivity index (χ4n) is 2.62. The van der Waals surface area contributed by atoms with Crippen molar-refractivity contribution in [2.45, 2.75) is 0 Å². The second-order valence-corrected chi connectivity index (χ2v) is 5.03. The third-order valence-corrected chi connectivity index (χ3v) is 3.66. The van der Waals surface area contributed by atoms with Gasteiger partial charge in [-0.05, 0) is 24.3 Å². The molecule has 0 spiro atoms. The highest BCUT2D eigenvalue weighted by molar-refractivity contribution is 5.71. The van der Waals surface area contributed by atoms with E-state index in [4.69, 9.17) is 0 Å². The maximum Gasteiger partial charge on any atom is 0.342 e. The summed E-state index contributed by atoms with van der Waals surface area (Å²) in [4.78, 5) is 32.6. The lowest BCUT2D eigenvalue weighted by molar-refractivity contribution is 0.828. The van der Waals surface area contributed by atoms with Crippen molar-refractivity contribution in [3.63, 3.8) is 0 Å². The van der Waals surface area contributed by atoms with Crippen LogP contribution in [0.1, 0.15) is 0 Å². The van der Waals surface area contributed by atoms with Gasteiger partial charge >= 0.3 is 5.69 Å². The van der Waals surface area contributed by atoms with Gasteiger partial charge in [0.1, 0.15) is 0 Å². The molecule has 0 saturated heterocycles. The summed E-state index contributed by atoms with van der Waals surface area (Å²) in [6.07, 6.45) is 1.42. The van der Waals surface area contributed by atoms with Crippen molar-refractivity contribution in [3.05, 3.63) is 87.8 Å². The minimum atomic E-state index is -0.452. The first-order valence-corrected chi connectivity index (χ1v) is 7.09. The number of hydrogen-bond acceptors (Lipinski definition) is 3. The van der Waals surface area contributed by atoms with Crippen molar-refractivity contribution in [1.29, 1.82) is 0 Å². The second-order valence-electron chi connectivity index (χ2n) is 5.03. The van der Waals surface area contributed by atoms with Gasteiger partial charge in [0.25, 0.3) is 5.56 Å². The molecule has 2 aromatic carbocycles. The normalized spacial score (nSPS) is 11.0. The van der Waals surface area contributed by atoms with Crippen LogP contribution < -0.4 is 11.2 Å². The number of para-hydroxylation sites is 2. The van der Waals surface area contributed by atoms with Crippen LogP contribution in [-0.2, 0) is 0 Å². The molecule has 0 aliphatic rings. The van der Waals surface area contributed by atoms with Gasteiger partial charge < -0.3 is 4.98 Å². The van der Waals surface area contributed by atoms with Gasteiger partial charge in [-0.2, -0.15) is 0 Å². The molecule has 2 heterocycles. The van der Waals surface area contributed by atoms with Gasteiger partial charge in [-0.3, -0.25) is 4.79 Å². The third-order valence-electron chi connectivity index (χ3n) is 3.66. The first-order chi connectivity index (χ1) is 11.3. The van der Waals surface area contributed by atoms with E-state index in [-0.39, 0.29) is 5.52 Å². The van der Waals surface area contributed by atoms with Crippen molar-refractivity contribution in [1.82, 2.24) is 19.1 Å². The van der Waals surface area contributed by atoms with Crippen LogP contribution in [0, 0.1) is 0 Å². The fourth-order valence-corrected chi connectivity index (χ4v) is 2.62. The van der Waals surface area contributed by atoms with E-state index >= 15 is 0 Å². The van der Waals surface area contributed by atoms with E-state index in [1.54, 1.807) is 36.4 Å². The number of hydrogen-bond donors (Lipinski definition) is 1. The van der Waals surface area contributed by atoms with Crippen molar-refractivity contribution >= 4 is 11.2 Å². The highest BCUT2D eigenvalue weighted by Crippen LogP contribution is 2.11. The van der Waals surface area contributed by atoms with Gasteiger partial charge in [-0.25, -0.2) is 18.9 Å². The Bertz CT molecular complexity index is 1090. The number of imidazole rings is 1. The summed E-state index contributed by atoms with van der Waals surface area (Å²) in [6, 6.07) is 18.0. The van der Waals surface area contributed by atoms with Crippen molar-refractivity contribution in [2.75, 3.05) is 0 Å². The van der Waals surface area contributed by atoms with Gasteiger partial charge in [0, 0.05) is 0 Å². The van der Waals surface area contributed by atoms with E-state index in [1.807, 2.05) is 24.3 Å². The molecule has 0 atom stereocenters. The Morgan fingerprint density at radius 3 is 1.96 bits per heavy atom. The van der Waals surface area contributed by atoms with Crippen LogP contribution in [0.15, 0.2) is 76.6 Å². The molecule has 2 aromatic heterocycles. The molecule has 4 aromatic rings. The Labute approximate surface area is 130 Å². The Morgan fingerprint density at radius 2 is 1.35 bits per heavy atom. The Kier molecular flexibility index (Phi) is 2.94. The summed E-state index contributed by atoms with van der Waals surface area (Å²) in [6.45, 7) is 0. The molecule has 0 radical (unpaired) electrons. The molecule has 112 valence electrons. The van der Waals surface area contributed by atoms with Crippen LogP contribution in [0.3, 0.4) is 0 Å². The average molecular weight is 304 g/mol. The highest BCUT2D eigenvalue weighted by Gasteiger charge is 2.17. The Hall–Kier alpha value is -3.41. The molecule has 0 bridgehead atoms. The quantitative estimate of drug-likeness (QED) is 0.614. The molecule has 0 amide bonds. The van der Waals surface area contributed by atoms with E-state index in [0.29, 0.717) is 17.0 Å². The number of H-pyrrole nitrogens is 1. The maximum absolute atomic E-state index is 13.0. The zero-order valence-corrected chi connectivity index (χ0v) is 12.0. The number of benzene rings is 2. The minimum absolute atomic E-state index is 0.289. The van der Waals surface area contributed by atoms with Gasteiger partial charge in [0.2, 0.25) is 0 Å². The van der Waals surface area contributed by atoms with E-state index in [2.05, 4.69) is 9.97 Å². The molecule has 1 N–H and O–H groups in total. The number of nitrogens with one attached hydrogen (secondary N) is 1. The van der Waals surface area contributed by atoms with E-state index in [0.717, 1.165) is 4.57 Å². The molecule has 4 rings (SSSR count). The standard InChI is InChI=1S/C17H12N4O2/c22-16-14-15(19-11-18-14)20(12-7-3-1-4-8-12)17(23)21(16)13-9-5-2-6-10-13/h1-11H,(H,18,19). The molecule has 0 unspecified atom stereocenters. The number of nitrogens with zero attached hydrogens (tertiary/aromatic N) is 3.